The molecule has 1 unspecified atom stereocenters. The summed E-state index contributed by atoms with van der Waals surface area (Å²) in [6.07, 6.45) is 6.72. The zero-order valence-corrected chi connectivity index (χ0v) is 12.3. The number of benzene rings is 1. The molecule has 0 heterocycles. The van der Waals surface area contributed by atoms with Crippen molar-refractivity contribution >= 4 is 0 Å². The van der Waals surface area contributed by atoms with Crippen LogP contribution < -0.4 is 5.32 Å². The molecule has 19 heavy (non-hydrogen) atoms. The van der Waals surface area contributed by atoms with Gasteiger partial charge < -0.3 is 10.4 Å². The van der Waals surface area contributed by atoms with Gasteiger partial charge in [-0.05, 0) is 30.7 Å². The predicted molar refractivity (Wildman–Crippen MR) is 80.1 cm³/mol. The van der Waals surface area contributed by atoms with E-state index in [1.807, 2.05) is 37.3 Å². The van der Waals surface area contributed by atoms with Crippen LogP contribution in [-0.2, 0) is 5.60 Å². The van der Waals surface area contributed by atoms with Gasteiger partial charge in [0.2, 0.25) is 0 Å². The molecule has 0 spiro atoms. The fraction of sp³-hybridized carbons (Fsp3) is 0.647. The molecule has 1 aliphatic carbocycles. The smallest absolute Gasteiger partial charge is 0.0992 e. The van der Waals surface area contributed by atoms with Crippen molar-refractivity contribution < 1.29 is 5.11 Å². The second kappa shape index (κ2) is 6.06. The molecule has 1 aromatic rings. The lowest BCUT2D eigenvalue weighted by Gasteiger charge is -2.35. The average Bonchev–Trinajstić information content (AvgIpc) is 2.40. The summed E-state index contributed by atoms with van der Waals surface area (Å²) in [5.41, 5.74) is 0.619. The quantitative estimate of drug-likeness (QED) is 0.851. The maximum atomic E-state index is 10.5. The van der Waals surface area contributed by atoms with E-state index in [0.717, 1.165) is 12.1 Å². The van der Waals surface area contributed by atoms with Gasteiger partial charge in [0.05, 0.1) is 5.60 Å². The Morgan fingerprint density at radius 1 is 1.16 bits per heavy atom. The number of hydrogen-bond acceptors (Lipinski definition) is 2. The Morgan fingerprint density at radius 3 is 2.42 bits per heavy atom. The van der Waals surface area contributed by atoms with E-state index in [1.54, 1.807) is 0 Å². The maximum Gasteiger partial charge on any atom is 0.0992 e. The van der Waals surface area contributed by atoms with Crippen molar-refractivity contribution in [1.82, 2.24) is 5.32 Å². The summed E-state index contributed by atoms with van der Waals surface area (Å²) < 4.78 is 0. The predicted octanol–water partition coefficient (Wildman–Crippen LogP) is 3.45. The van der Waals surface area contributed by atoms with Crippen LogP contribution in [0.4, 0.5) is 0 Å². The minimum atomic E-state index is -0.785. The number of rotatable bonds is 5. The van der Waals surface area contributed by atoms with Crippen LogP contribution in [0.25, 0.3) is 0 Å². The molecule has 1 aliphatic rings. The van der Waals surface area contributed by atoms with Crippen LogP contribution in [0.15, 0.2) is 30.3 Å². The Bertz CT molecular complexity index is 380. The largest absolute Gasteiger partial charge is 0.384 e. The summed E-state index contributed by atoms with van der Waals surface area (Å²) in [6.45, 7) is 5.89. The third-order valence-electron chi connectivity index (χ3n) is 4.48. The summed E-state index contributed by atoms with van der Waals surface area (Å²) >= 11 is 0. The fourth-order valence-corrected chi connectivity index (χ4v) is 3.09. The zero-order chi connectivity index (χ0) is 13.8. The van der Waals surface area contributed by atoms with Crippen molar-refractivity contribution in [3.63, 3.8) is 0 Å². The summed E-state index contributed by atoms with van der Waals surface area (Å²) in [5.74, 6) is 0. The number of aliphatic hydroxyl groups is 1. The van der Waals surface area contributed by atoms with Gasteiger partial charge in [-0.1, -0.05) is 56.5 Å². The normalized spacial score (nSPS) is 21.8. The van der Waals surface area contributed by atoms with E-state index in [0.29, 0.717) is 12.0 Å². The van der Waals surface area contributed by atoms with Crippen LogP contribution in [0.5, 0.6) is 0 Å². The van der Waals surface area contributed by atoms with Gasteiger partial charge >= 0.3 is 0 Å². The summed E-state index contributed by atoms with van der Waals surface area (Å²) in [4.78, 5) is 0. The van der Waals surface area contributed by atoms with Crippen molar-refractivity contribution in [3.8, 4) is 0 Å². The van der Waals surface area contributed by atoms with Gasteiger partial charge in [-0.15, -0.1) is 0 Å². The molecule has 0 bridgehead atoms. The number of hydrogen-bond donors (Lipinski definition) is 2. The van der Waals surface area contributed by atoms with E-state index in [4.69, 9.17) is 0 Å². The SMILES string of the molecule is CC1(CNCC(C)(O)c2ccccc2)CCCCC1. The Hall–Kier alpha value is -0.860. The second-order valence-corrected chi connectivity index (χ2v) is 6.61. The molecule has 1 saturated carbocycles. The molecular formula is C17H27NO. The Kier molecular flexibility index (Phi) is 4.64. The molecule has 0 radical (unpaired) electrons. The maximum absolute atomic E-state index is 10.5. The first kappa shape index (κ1) is 14.5. The van der Waals surface area contributed by atoms with Crippen LogP contribution in [0.2, 0.25) is 0 Å². The van der Waals surface area contributed by atoms with E-state index in [-0.39, 0.29) is 0 Å². The topological polar surface area (TPSA) is 32.3 Å². The Balaban J connectivity index is 1.84. The van der Waals surface area contributed by atoms with E-state index < -0.39 is 5.60 Å². The van der Waals surface area contributed by atoms with Crippen LogP contribution in [0.3, 0.4) is 0 Å². The van der Waals surface area contributed by atoms with E-state index in [9.17, 15) is 5.11 Å². The van der Waals surface area contributed by atoms with Crippen molar-refractivity contribution in [3.05, 3.63) is 35.9 Å². The van der Waals surface area contributed by atoms with Gasteiger partial charge in [0.1, 0.15) is 0 Å². The fourth-order valence-electron chi connectivity index (χ4n) is 3.09. The van der Waals surface area contributed by atoms with E-state index in [1.165, 1.54) is 32.1 Å². The molecule has 1 aromatic carbocycles. The molecular weight excluding hydrogens is 234 g/mol. The lowest BCUT2D eigenvalue weighted by Crippen LogP contribution is -2.41. The molecule has 1 fully saturated rings. The van der Waals surface area contributed by atoms with Crippen molar-refractivity contribution in [2.75, 3.05) is 13.1 Å². The molecule has 2 nitrogen and oxygen atoms in total. The van der Waals surface area contributed by atoms with E-state index in [2.05, 4.69) is 12.2 Å². The highest BCUT2D eigenvalue weighted by molar-refractivity contribution is 5.21. The standard InChI is InChI=1S/C17H27NO/c1-16(11-7-4-8-12-16)13-18-14-17(2,19)15-9-5-3-6-10-15/h3,5-6,9-10,18-19H,4,7-8,11-14H2,1-2H3. The lowest BCUT2D eigenvalue weighted by molar-refractivity contribution is 0.0521. The molecule has 1 atom stereocenters. The first-order valence-corrected chi connectivity index (χ1v) is 7.51. The lowest BCUT2D eigenvalue weighted by atomic mass is 9.75. The van der Waals surface area contributed by atoms with E-state index >= 15 is 0 Å². The molecule has 106 valence electrons. The van der Waals surface area contributed by atoms with Crippen molar-refractivity contribution in [1.29, 1.82) is 0 Å². The molecule has 0 aliphatic heterocycles. The minimum Gasteiger partial charge on any atom is -0.384 e. The van der Waals surface area contributed by atoms with Gasteiger partial charge in [0, 0.05) is 13.1 Å². The van der Waals surface area contributed by atoms with Gasteiger partial charge in [-0.25, -0.2) is 0 Å². The first-order valence-electron chi connectivity index (χ1n) is 7.51. The second-order valence-electron chi connectivity index (χ2n) is 6.61. The molecule has 0 amide bonds. The van der Waals surface area contributed by atoms with Gasteiger partial charge in [0.15, 0.2) is 0 Å². The van der Waals surface area contributed by atoms with Crippen molar-refractivity contribution in [2.45, 2.75) is 51.6 Å². The first-order chi connectivity index (χ1) is 9.02. The highest BCUT2D eigenvalue weighted by atomic mass is 16.3. The van der Waals surface area contributed by atoms with Crippen molar-refractivity contribution in [2.24, 2.45) is 5.41 Å². The average molecular weight is 261 g/mol. The van der Waals surface area contributed by atoms with Crippen LogP contribution in [0, 0.1) is 5.41 Å². The molecule has 2 N–H and O–H groups in total. The molecule has 0 aromatic heterocycles. The molecule has 2 rings (SSSR count). The summed E-state index contributed by atoms with van der Waals surface area (Å²) in [6, 6.07) is 9.92. The molecule has 0 saturated heterocycles. The van der Waals surface area contributed by atoms with Gasteiger partial charge in [-0.3, -0.25) is 0 Å². The zero-order valence-electron chi connectivity index (χ0n) is 12.3. The van der Waals surface area contributed by atoms with Crippen LogP contribution in [-0.4, -0.2) is 18.2 Å². The summed E-state index contributed by atoms with van der Waals surface area (Å²) in [7, 11) is 0. The molecule has 2 heteroatoms. The third kappa shape index (κ3) is 4.05. The highest BCUT2D eigenvalue weighted by Crippen LogP contribution is 2.35. The van der Waals surface area contributed by atoms with Crippen LogP contribution >= 0.6 is 0 Å². The third-order valence-corrected chi connectivity index (χ3v) is 4.48. The monoisotopic (exact) mass is 261 g/mol. The minimum absolute atomic E-state index is 0.422. The summed E-state index contributed by atoms with van der Waals surface area (Å²) in [5, 5.41) is 14.0. The Labute approximate surface area is 117 Å². The Morgan fingerprint density at radius 2 is 1.79 bits per heavy atom. The van der Waals surface area contributed by atoms with Crippen LogP contribution in [0.1, 0.15) is 51.5 Å². The van der Waals surface area contributed by atoms with Gasteiger partial charge in [-0.2, -0.15) is 0 Å². The number of nitrogens with one attached hydrogen (secondary N) is 1. The highest BCUT2D eigenvalue weighted by Gasteiger charge is 2.28. The van der Waals surface area contributed by atoms with Gasteiger partial charge in [0.25, 0.3) is 0 Å².